The van der Waals surface area contributed by atoms with Crippen molar-refractivity contribution in [3.8, 4) is 0 Å². The third-order valence-electron chi connectivity index (χ3n) is 3.47. The largest absolute Gasteiger partial charge is 0.350 e. The summed E-state index contributed by atoms with van der Waals surface area (Å²) in [6, 6.07) is 9.66. The topological polar surface area (TPSA) is 59.8 Å². The highest BCUT2D eigenvalue weighted by molar-refractivity contribution is 6.05. The number of aromatic nitrogens is 3. The summed E-state index contributed by atoms with van der Waals surface area (Å²) in [6.45, 7) is 0.559. The predicted octanol–water partition coefficient (Wildman–Crippen LogP) is 1.94. The van der Waals surface area contributed by atoms with Crippen LogP contribution in [0.2, 0.25) is 0 Å². The normalized spacial score (nSPS) is 10.7. The van der Waals surface area contributed by atoms with Gasteiger partial charge in [0.05, 0.1) is 6.33 Å². The Labute approximate surface area is 122 Å². The van der Waals surface area contributed by atoms with Crippen LogP contribution in [-0.4, -0.2) is 27.0 Å². The molecule has 106 valence electrons. The number of hydrogen-bond acceptors (Lipinski definition) is 3. The Hall–Kier alpha value is -2.69. The molecule has 0 saturated carbocycles. The van der Waals surface area contributed by atoms with Crippen molar-refractivity contribution < 1.29 is 4.79 Å². The maximum absolute atomic E-state index is 12.3. The van der Waals surface area contributed by atoms with Gasteiger partial charge in [-0.3, -0.25) is 9.78 Å². The molecule has 0 atom stereocenters. The van der Waals surface area contributed by atoms with Gasteiger partial charge in [-0.25, -0.2) is 4.98 Å². The average molecular weight is 280 g/mol. The molecule has 0 spiro atoms. The molecular weight excluding hydrogens is 264 g/mol. The van der Waals surface area contributed by atoms with Crippen molar-refractivity contribution in [2.45, 2.75) is 6.42 Å². The van der Waals surface area contributed by atoms with Gasteiger partial charge in [0.2, 0.25) is 0 Å². The summed E-state index contributed by atoms with van der Waals surface area (Å²) in [4.78, 5) is 20.5. The van der Waals surface area contributed by atoms with E-state index in [4.69, 9.17) is 0 Å². The van der Waals surface area contributed by atoms with E-state index < -0.39 is 0 Å². The minimum Gasteiger partial charge on any atom is -0.350 e. The number of imidazole rings is 1. The van der Waals surface area contributed by atoms with Gasteiger partial charge in [-0.2, -0.15) is 0 Å². The fourth-order valence-corrected chi connectivity index (χ4v) is 2.31. The molecule has 0 unspecified atom stereocenters. The smallest absolute Gasteiger partial charge is 0.270 e. The highest BCUT2D eigenvalue weighted by Crippen LogP contribution is 2.15. The summed E-state index contributed by atoms with van der Waals surface area (Å²) in [5.41, 5.74) is 1.55. The van der Waals surface area contributed by atoms with Crippen LogP contribution in [0.3, 0.4) is 0 Å². The summed E-state index contributed by atoms with van der Waals surface area (Å²) in [5.74, 6) is -0.144. The number of carbonyl (C=O) groups excluding carboxylic acids is 1. The molecule has 21 heavy (non-hydrogen) atoms. The first kappa shape index (κ1) is 13.3. The van der Waals surface area contributed by atoms with Gasteiger partial charge in [-0.1, -0.05) is 24.3 Å². The molecule has 3 aromatic rings. The molecule has 2 heterocycles. The van der Waals surface area contributed by atoms with Crippen LogP contribution in [0.4, 0.5) is 0 Å². The number of pyridine rings is 1. The molecular formula is C16H16N4O. The molecule has 3 rings (SSSR count). The fourth-order valence-electron chi connectivity index (χ4n) is 2.31. The molecule has 0 bridgehead atoms. The summed E-state index contributed by atoms with van der Waals surface area (Å²) >= 11 is 0. The fraction of sp³-hybridized carbons (Fsp3) is 0.188. The first-order valence-corrected chi connectivity index (χ1v) is 6.83. The molecule has 1 amide bonds. The van der Waals surface area contributed by atoms with Gasteiger partial charge in [0.25, 0.3) is 5.91 Å². The zero-order valence-corrected chi connectivity index (χ0v) is 11.8. The molecule has 1 N–H and O–H groups in total. The van der Waals surface area contributed by atoms with Crippen LogP contribution in [0.25, 0.3) is 10.8 Å². The van der Waals surface area contributed by atoms with Gasteiger partial charge >= 0.3 is 0 Å². The quantitative estimate of drug-likeness (QED) is 0.794. The zero-order chi connectivity index (χ0) is 14.7. The van der Waals surface area contributed by atoms with Gasteiger partial charge in [0, 0.05) is 43.5 Å². The molecule has 0 aliphatic rings. The Kier molecular flexibility index (Phi) is 3.64. The van der Waals surface area contributed by atoms with Crippen molar-refractivity contribution in [2.24, 2.45) is 7.05 Å². The lowest BCUT2D eigenvalue weighted by Crippen LogP contribution is -2.27. The molecule has 0 fully saturated rings. The van der Waals surface area contributed by atoms with Gasteiger partial charge in [-0.05, 0) is 11.5 Å². The molecule has 0 aliphatic heterocycles. The van der Waals surface area contributed by atoms with Crippen molar-refractivity contribution in [1.82, 2.24) is 19.9 Å². The van der Waals surface area contributed by atoms with Gasteiger partial charge in [0.15, 0.2) is 0 Å². The Bertz CT molecular complexity index is 773. The molecule has 0 saturated heterocycles. The van der Waals surface area contributed by atoms with E-state index in [9.17, 15) is 4.79 Å². The second-order valence-electron chi connectivity index (χ2n) is 4.88. The lowest BCUT2D eigenvalue weighted by atomic mass is 10.1. The molecule has 5 heteroatoms. The first-order chi connectivity index (χ1) is 10.3. The van der Waals surface area contributed by atoms with Crippen LogP contribution in [-0.2, 0) is 13.5 Å². The van der Waals surface area contributed by atoms with Crippen molar-refractivity contribution in [1.29, 1.82) is 0 Å². The number of rotatable bonds is 4. The lowest BCUT2D eigenvalue weighted by molar-refractivity contribution is 0.0951. The number of carbonyl (C=O) groups is 1. The van der Waals surface area contributed by atoms with Gasteiger partial charge in [0.1, 0.15) is 5.69 Å². The van der Waals surface area contributed by atoms with E-state index in [0.717, 1.165) is 22.9 Å². The maximum atomic E-state index is 12.3. The van der Waals surface area contributed by atoms with Crippen molar-refractivity contribution in [3.05, 3.63) is 60.4 Å². The van der Waals surface area contributed by atoms with Crippen LogP contribution < -0.4 is 5.32 Å². The number of fused-ring (bicyclic) bond motifs is 1. The molecule has 0 aliphatic carbocycles. The molecule has 2 aromatic heterocycles. The average Bonchev–Trinajstić information content (AvgIpc) is 2.92. The second-order valence-corrected chi connectivity index (χ2v) is 4.88. The van der Waals surface area contributed by atoms with E-state index >= 15 is 0 Å². The number of nitrogens with zero attached hydrogens (tertiary/aromatic N) is 3. The van der Waals surface area contributed by atoms with E-state index in [2.05, 4.69) is 15.3 Å². The van der Waals surface area contributed by atoms with Crippen LogP contribution in [0.5, 0.6) is 0 Å². The maximum Gasteiger partial charge on any atom is 0.270 e. The third-order valence-corrected chi connectivity index (χ3v) is 3.47. The van der Waals surface area contributed by atoms with E-state index in [0.29, 0.717) is 12.2 Å². The minimum atomic E-state index is -0.144. The Morgan fingerprint density at radius 3 is 2.95 bits per heavy atom. The van der Waals surface area contributed by atoms with Crippen molar-refractivity contribution in [3.63, 3.8) is 0 Å². The van der Waals surface area contributed by atoms with Gasteiger partial charge in [-0.15, -0.1) is 0 Å². The Morgan fingerprint density at radius 1 is 1.29 bits per heavy atom. The summed E-state index contributed by atoms with van der Waals surface area (Å²) in [5, 5.41) is 4.81. The van der Waals surface area contributed by atoms with Crippen molar-refractivity contribution in [2.75, 3.05) is 6.54 Å². The Balaban J connectivity index is 1.71. The monoisotopic (exact) mass is 280 g/mol. The van der Waals surface area contributed by atoms with Crippen LogP contribution in [0.1, 0.15) is 16.2 Å². The second kappa shape index (κ2) is 5.75. The summed E-state index contributed by atoms with van der Waals surface area (Å²) in [7, 11) is 1.94. The lowest BCUT2D eigenvalue weighted by Gasteiger charge is -2.07. The zero-order valence-electron chi connectivity index (χ0n) is 11.8. The van der Waals surface area contributed by atoms with E-state index in [-0.39, 0.29) is 5.91 Å². The number of benzene rings is 1. The summed E-state index contributed by atoms with van der Waals surface area (Å²) < 4.78 is 1.95. The highest BCUT2D eigenvalue weighted by Gasteiger charge is 2.10. The predicted molar refractivity (Wildman–Crippen MR) is 81.0 cm³/mol. The van der Waals surface area contributed by atoms with Crippen LogP contribution in [0.15, 0.2) is 49.1 Å². The first-order valence-electron chi connectivity index (χ1n) is 6.83. The highest BCUT2D eigenvalue weighted by atomic mass is 16.1. The van der Waals surface area contributed by atoms with Crippen LogP contribution >= 0.6 is 0 Å². The number of aryl methyl sites for hydroxylation is 1. The van der Waals surface area contributed by atoms with Crippen LogP contribution in [0, 0.1) is 0 Å². The number of hydrogen-bond donors (Lipinski definition) is 1. The number of amides is 1. The van der Waals surface area contributed by atoms with E-state index in [1.807, 2.05) is 48.1 Å². The molecule has 0 radical (unpaired) electrons. The molecule has 1 aromatic carbocycles. The third kappa shape index (κ3) is 2.76. The minimum absolute atomic E-state index is 0.144. The summed E-state index contributed by atoms with van der Waals surface area (Å²) in [6.07, 6.45) is 5.97. The Morgan fingerprint density at radius 2 is 2.14 bits per heavy atom. The van der Waals surface area contributed by atoms with E-state index in [1.54, 1.807) is 12.5 Å². The number of nitrogens with one attached hydrogen (secondary N) is 1. The van der Waals surface area contributed by atoms with Crippen molar-refractivity contribution >= 4 is 16.7 Å². The standard InChI is InChI=1S/C16H16N4O/c1-20-11-17-10-13(20)7-9-19-16(21)15-14-5-3-2-4-12(14)6-8-18-15/h2-6,8,10-11H,7,9H2,1H3,(H,19,21). The molecule has 5 nitrogen and oxygen atoms in total. The van der Waals surface area contributed by atoms with E-state index in [1.165, 1.54) is 0 Å². The SMILES string of the molecule is Cn1cncc1CCNC(=O)c1nccc2ccccc12. The van der Waals surface area contributed by atoms with Gasteiger partial charge < -0.3 is 9.88 Å².